The largest absolute Gasteiger partial charge is 0.476 e. The number of hydrogen-bond donors (Lipinski definition) is 0. The molecule has 1 saturated carbocycles. The third-order valence-electron chi connectivity index (χ3n) is 7.17. The Balaban J connectivity index is 1.79. The predicted octanol–water partition coefficient (Wildman–Crippen LogP) is 5.84. The molecule has 0 spiro atoms. The SMILES string of the molecule is CCC1OC(OC2CCCCC2)C(OP2(=O)OC(C)(C)C(C)(C)O2)C(C)C1C. The maximum atomic E-state index is 13.4. The van der Waals surface area contributed by atoms with Crippen LogP contribution in [0.3, 0.4) is 0 Å². The van der Waals surface area contributed by atoms with Crippen molar-refractivity contribution >= 4 is 7.82 Å². The molecule has 3 aliphatic rings. The van der Waals surface area contributed by atoms with Crippen LogP contribution in [0.25, 0.3) is 0 Å². The zero-order valence-electron chi connectivity index (χ0n) is 18.6. The van der Waals surface area contributed by atoms with Crippen LogP contribution in [0.5, 0.6) is 0 Å². The molecule has 0 aromatic carbocycles. The van der Waals surface area contributed by atoms with E-state index >= 15 is 0 Å². The van der Waals surface area contributed by atoms with Crippen molar-refractivity contribution < 1.29 is 27.6 Å². The summed E-state index contributed by atoms with van der Waals surface area (Å²) in [4.78, 5) is 0. The molecule has 28 heavy (non-hydrogen) atoms. The molecule has 0 aromatic heterocycles. The number of phosphoric ester groups is 1. The van der Waals surface area contributed by atoms with Crippen LogP contribution in [0, 0.1) is 11.8 Å². The first-order valence-corrected chi connectivity index (χ1v) is 12.4. The summed E-state index contributed by atoms with van der Waals surface area (Å²) in [7, 11) is -3.72. The van der Waals surface area contributed by atoms with Gasteiger partial charge in [-0.3, -0.25) is 13.6 Å². The van der Waals surface area contributed by atoms with E-state index in [4.69, 9.17) is 23.0 Å². The molecule has 0 radical (unpaired) electrons. The smallest absolute Gasteiger partial charge is 0.347 e. The van der Waals surface area contributed by atoms with E-state index in [0.717, 1.165) is 19.3 Å². The van der Waals surface area contributed by atoms with E-state index in [0.29, 0.717) is 0 Å². The number of ether oxygens (including phenoxy) is 2. The highest BCUT2D eigenvalue weighted by atomic mass is 31.2. The van der Waals surface area contributed by atoms with Crippen molar-refractivity contribution in [2.75, 3.05) is 0 Å². The third-order valence-corrected chi connectivity index (χ3v) is 9.03. The Kier molecular flexibility index (Phi) is 6.72. The molecule has 6 nitrogen and oxygen atoms in total. The summed E-state index contributed by atoms with van der Waals surface area (Å²) in [5.74, 6) is 0.369. The van der Waals surface area contributed by atoms with Gasteiger partial charge in [-0.05, 0) is 58.8 Å². The lowest BCUT2D eigenvalue weighted by Gasteiger charge is -2.45. The highest BCUT2D eigenvalue weighted by Gasteiger charge is 2.59. The molecule has 3 fully saturated rings. The topological polar surface area (TPSA) is 63.2 Å². The van der Waals surface area contributed by atoms with E-state index in [9.17, 15) is 4.57 Å². The maximum absolute atomic E-state index is 13.4. The van der Waals surface area contributed by atoms with E-state index in [1.165, 1.54) is 19.3 Å². The Labute approximate surface area is 170 Å². The van der Waals surface area contributed by atoms with Crippen LogP contribution in [0.2, 0.25) is 0 Å². The van der Waals surface area contributed by atoms with Crippen LogP contribution in [0.15, 0.2) is 0 Å². The molecular formula is C21H39O6P. The van der Waals surface area contributed by atoms with Gasteiger partial charge in [0.1, 0.15) is 17.3 Å². The van der Waals surface area contributed by atoms with Gasteiger partial charge < -0.3 is 9.47 Å². The summed E-state index contributed by atoms with van der Waals surface area (Å²) in [6.45, 7) is 13.9. The molecule has 3 rings (SSSR count). The van der Waals surface area contributed by atoms with Crippen molar-refractivity contribution in [2.45, 2.75) is 123 Å². The van der Waals surface area contributed by atoms with Gasteiger partial charge in [0.25, 0.3) is 0 Å². The zero-order valence-corrected chi connectivity index (χ0v) is 19.5. The van der Waals surface area contributed by atoms with Crippen molar-refractivity contribution in [3.05, 3.63) is 0 Å². The van der Waals surface area contributed by atoms with Crippen LogP contribution in [0.1, 0.15) is 87.0 Å². The molecule has 2 saturated heterocycles. The van der Waals surface area contributed by atoms with Crippen molar-refractivity contribution in [1.82, 2.24) is 0 Å². The van der Waals surface area contributed by atoms with Gasteiger partial charge in [-0.15, -0.1) is 0 Å². The summed E-state index contributed by atoms with van der Waals surface area (Å²) in [5, 5.41) is 0. The second-order valence-electron chi connectivity index (χ2n) is 9.79. The monoisotopic (exact) mass is 418 g/mol. The van der Waals surface area contributed by atoms with Crippen molar-refractivity contribution in [2.24, 2.45) is 11.8 Å². The molecule has 0 N–H and O–H groups in total. The van der Waals surface area contributed by atoms with E-state index in [1.54, 1.807) is 0 Å². The van der Waals surface area contributed by atoms with Gasteiger partial charge in [0.15, 0.2) is 6.29 Å². The minimum atomic E-state index is -3.72. The summed E-state index contributed by atoms with van der Waals surface area (Å²) in [6, 6.07) is 0. The van der Waals surface area contributed by atoms with Gasteiger partial charge in [-0.1, -0.05) is 40.0 Å². The first kappa shape index (κ1) is 22.7. The molecule has 7 heteroatoms. The average molecular weight is 419 g/mol. The van der Waals surface area contributed by atoms with Crippen LogP contribution >= 0.6 is 7.82 Å². The van der Waals surface area contributed by atoms with Crippen LogP contribution in [0.4, 0.5) is 0 Å². The molecule has 0 bridgehead atoms. The molecule has 0 amide bonds. The normalized spacial score (nSPS) is 40.5. The average Bonchev–Trinajstić information content (AvgIpc) is 2.77. The fourth-order valence-electron chi connectivity index (χ4n) is 4.36. The zero-order chi connectivity index (χ0) is 20.7. The minimum Gasteiger partial charge on any atom is -0.347 e. The van der Waals surface area contributed by atoms with Crippen molar-refractivity contribution in [3.63, 3.8) is 0 Å². The number of phosphoric acid groups is 1. The van der Waals surface area contributed by atoms with E-state index < -0.39 is 31.4 Å². The molecule has 1 aliphatic carbocycles. The number of rotatable bonds is 5. The second-order valence-corrected chi connectivity index (χ2v) is 11.3. The molecule has 164 valence electrons. The van der Waals surface area contributed by atoms with Gasteiger partial charge in [-0.2, -0.15) is 0 Å². The highest BCUT2D eigenvalue weighted by Crippen LogP contribution is 2.66. The van der Waals surface area contributed by atoms with Gasteiger partial charge >= 0.3 is 7.82 Å². The molecule has 2 heterocycles. The third kappa shape index (κ3) is 4.53. The van der Waals surface area contributed by atoms with E-state index in [-0.39, 0.29) is 24.0 Å². The molecule has 5 unspecified atom stereocenters. The molecule has 5 atom stereocenters. The number of hydrogen-bond acceptors (Lipinski definition) is 6. The van der Waals surface area contributed by atoms with Gasteiger partial charge in [-0.25, -0.2) is 4.57 Å². The van der Waals surface area contributed by atoms with Gasteiger partial charge in [0.05, 0.1) is 12.2 Å². The summed E-state index contributed by atoms with van der Waals surface area (Å²) >= 11 is 0. The minimum absolute atomic E-state index is 0.0997. The van der Waals surface area contributed by atoms with Crippen LogP contribution < -0.4 is 0 Å². The van der Waals surface area contributed by atoms with Crippen LogP contribution in [-0.2, 0) is 27.6 Å². The summed E-state index contributed by atoms with van der Waals surface area (Å²) < 4.78 is 43.8. The Morgan fingerprint density at radius 1 is 0.964 bits per heavy atom. The maximum Gasteiger partial charge on any atom is 0.476 e. The van der Waals surface area contributed by atoms with E-state index in [2.05, 4.69) is 20.8 Å². The van der Waals surface area contributed by atoms with Gasteiger partial charge in [0, 0.05) is 0 Å². The first-order valence-electron chi connectivity index (χ1n) is 11.0. The van der Waals surface area contributed by atoms with Crippen molar-refractivity contribution in [3.8, 4) is 0 Å². The lowest BCUT2D eigenvalue weighted by atomic mass is 9.82. The Morgan fingerprint density at radius 2 is 1.54 bits per heavy atom. The highest BCUT2D eigenvalue weighted by molar-refractivity contribution is 7.48. The Morgan fingerprint density at radius 3 is 2.07 bits per heavy atom. The standard InChI is InChI=1S/C21H39O6P/c1-8-17-14(2)15(3)18(19(24-17)23-16-12-10-9-11-13-16)25-28(22)26-20(4,5)21(6,7)27-28/h14-19H,8-13H2,1-7H3. The Bertz CT molecular complexity index is 565. The summed E-state index contributed by atoms with van der Waals surface area (Å²) in [6.07, 6.45) is 5.84. The first-order chi connectivity index (χ1) is 13.0. The van der Waals surface area contributed by atoms with Crippen LogP contribution in [-0.4, -0.2) is 35.8 Å². The lowest BCUT2D eigenvalue weighted by Crippen LogP contribution is -2.52. The second kappa shape index (κ2) is 8.28. The Hall–Kier alpha value is 0.0300. The lowest BCUT2D eigenvalue weighted by molar-refractivity contribution is -0.282. The van der Waals surface area contributed by atoms with Crippen molar-refractivity contribution in [1.29, 1.82) is 0 Å². The predicted molar refractivity (Wildman–Crippen MR) is 108 cm³/mol. The fraction of sp³-hybridized carbons (Fsp3) is 1.00. The summed E-state index contributed by atoms with van der Waals surface area (Å²) in [5.41, 5.74) is -1.42. The fourth-order valence-corrected chi connectivity index (χ4v) is 6.63. The quantitative estimate of drug-likeness (QED) is 0.523. The van der Waals surface area contributed by atoms with Gasteiger partial charge in [0.2, 0.25) is 0 Å². The molecule has 2 aliphatic heterocycles. The molecule has 0 aromatic rings. The van der Waals surface area contributed by atoms with E-state index in [1.807, 2.05) is 27.7 Å². The molecular weight excluding hydrogens is 379 g/mol.